The summed E-state index contributed by atoms with van der Waals surface area (Å²) in [4.78, 5) is 48.6. The van der Waals surface area contributed by atoms with Crippen LogP contribution in [0.5, 0.6) is 0 Å². The van der Waals surface area contributed by atoms with E-state index in [0.29, 0.717) is 31.4 Å². The van der Waals surface area contributed by atoms with Gasteiger partial charge in [-0.3, -0.25) is 9.59 Å². The molecule has 0 radical (unpaired) electrons. The molecule has 42 heavy (non-hydrogen) atoms. The molecule has 0 atom stereocenters. The van der Waals surface area contributed by atoms with Crippen LogP contribution in [0.3, 0.4) is 0 Å². The first-order valence-corrected chi connectivity index (χ1v) is 14.4. The number of carboxylic acids is 2. The van der Waals surface area contributed by atoms with Gasteiger partial charge in [0.2, 0.25) is 0 Å². The van der Waals surface area contributed by atoms with Crippen LogP contribution in [0.1, 0.15) is 48.5 Å². The number of Topliss-reactive ketones (excluding diaryl/α,β-unsaturated/α-hetero) is 1. The zero-order valence-corrected chi connectivity index (χ0v) is 24.1. The Bertz CT molecular complexity index is 1340. The van der Waals surface area contributed by atoms with E-state index in [1.807, 2.05) is 37.3 Å². The molecule has 0 amide bonds. The molecule has 0 bridgehead atoms. The van der Waals surface area contributed by atoms with Gasteiger partial charge in [0, 0.05) is 21.8 Å². The second kappa shape index (κ2) is 15.8. The summed E-state index contributed by atoms with van der Waals surface area (Å²) in [6.07, 6.45) is 2.49. The molecule has 10 heteroatoms. The molecule has 1 saturated heterocycles. The van der Waals surface area contributed by atoms with Crippen molar-refractivity contribution in [1.29, 1.82) is 0 Å². The molecular weight excluding hydrogens is 561 g/mol. The van der Waals surface area contributed by atoms with Crippen LogP contribution in [0.15, 0.2) is 88.7 Å². The van der Waals surface area contributed by atoms with Gasteiger partial charge in [-0.1, -0.05) is 48.2 Å². The molecule has 4 rings (SSSR count). The Kier molecular flexibility index (Phi) is 12.3. The van der Waals surface area contributed by atoms with Crippen LogP contribution in [0, 0.1) is 5.82 Å². The summed E-state index contributed by atoms with van der Waals surface area (Å²) in [5.41, 5.74) is 0.891. The predicted molar refractivity (Wildman–Crippen MR) is 156 cm³/mol. The van der Waals surface area contributed by atoms with Gasteiger partial charge in [0.1, 0.15) is 5.82 Å². The molecule has 1 fully saturated rings. The number of hydrogen-bond donors (Lipinski definition) is 2. The average molecular weight is 596 g/mol. The maximum Gasteiger partial charge on any atom is 0.414 e. The van der Waals surface area contributed by atoms with E-state index in [9.17, 15) is 14.0 Å². The lowest BCUT2D eigenvalue weighted by Crippen LogP contribution is -2.48. The van der Waals surface area contributed by atoms with Crippen LogP contribution in [0.25, 0.3) is 0 Å². The van der Waals surface area contributed by atoms with Crippen molar-refractivity contribution in [1.82, 2.24) is 4.90 Å². The van der Waals surface area contributed by atoms with Crippen LogP contribution in [0.4, 0.5) is 4.39 Å². The molecule has 0 spiro atoms. The van der Waals surface area contributed by atoms with Gasteiger partial charge in [0.15, 0.2) is 5.78 Å². The number of carboxylic acid groups (broad SMARTS) is 2. The number of carbonyl (C=O) groups excluding carboxylic acids is 2. The molecule has 2 N–H and O–H groups in total. The number of carbonyl (C=O) groups is 4. The summed E-state index contributed by atoms with van der Waals surface area (Å²) in [5, 5.41) is 14.8. The van der Waals surface area contributed by atoms with Gasteiger partial charge < -0.3 is 19.8 Å². The van der Waals surface area contributed by atoms with E-state index in [2.05, 4.69) is 29.2 Å². The Hall–Kier alpha value is -4.02. The van der Waals surface area contributed by atoms with Crippen molar-refractivity contribution in [3.05, 3.63) is 95.8 Å². The minimum Gasteiger partial charge on any atom is -0.473 e. The lowest BCUT2D eigenvalue weighted by Gasteiger charge is -2.41. The SMILES string of the molecule is CCOC(=O)C1(c2ccccc2Sc2ccccc2)CCN(CCCC(=O)c2ccc(F)cc2)CC1.O=C(O)C(=O)O. The number of piperidine rings is 1. The maximum absolute atomic E-state index is 13.4. The van der Waals surface area contributed by atoms with Crippen LogP contribution in [-0.2, 0) is 24.5 Å². The zero-order valence-electron chi connectivity index (χ0n) is 23.3. The molecule has 3 aromatic rings. The highest BCUT2D eigenvalue weighted by Gasteiger charge is 2.45. The van der Waals surface area contributed by atoms with Gasteiger partial charge in [-0.25, -0.2) is 14.0 Å². The minimum atomic E-state index is -1.82. The highest BCUT2D eigenvalue weighted by atomic mass is 32.2. The third-order valence-electron chi connectivity index (χ3n) is 6.98. The largest absolute Gasteiger partial charge is 0.473 e. The molecule has 0 unspecified atom stereocenters. The molecule has 1 aliphatic rings. The van der Waals surface area contributed by atoms with Gasteiger partial charge >= 0.3 is 17.9 Å². The standard InChI is InChI=1S/C30H32FNO3S.C2H2O4/c1-2-35-29(34)30(26-11-6-7-13-28(26)36-25-9-4-3-5-10-25)18-21-32(22-19-30)20-8-12-27(33)23-14-16-24(31)17-15-23;3-1(4)2(5)6/h3-7,9-11,13-17H,2,8,12,18-22H2,1H3;(H,3,4)(H,5,6). The average Bonchev–Trinajstić information content (AvgIpc) is 2.99. The Morgan fingerprint density at radius 3 is 2.07 bits per heavy atom. The van der Waals surface area contributed by atoms with E-state index in [1.54, 1.807) is 11.8 Å². The number of ether oxygens (including phenoxy) is 1. The molecule has 1 heterocycles. The van der Waals surface area contributed by atoms with Crippen molar-refractivity contribution >= 4 is 35.5 Å². The van der Waals surface area contributed by atoms with E-state index in [4.69, 9.17) is 24.5 Å². The Morgan fingerprint density at radius 1 is 0.881 bits per heavy atom. The Balaban J connectivity index is 0.000000730. The fourth-order valence-corrected chi connectivity index (χ4v) is 5.89. The minimum absolute atomic E-state index is 0.0275. The lowest BCUT2D eigenvalue weighted by atomic mass is 9.72. The predicted octanol–water partition coefficient (Wildman–Crippen LogP) is 5.69. The number of aliphatic carboxylic acids is 2. The van der Waals surface area contributed by atoms with E-state index in [0.717, 1.165) is 41.4 Å². The number of esters is 1. The second-order valence-corrected chi connectivity index (χ2v) is 10.8. The normalized spacial score (nSPS) is 14.2. The topological polar surface area (TPSA) is 121 Å². The number of hydrogen-bond acceptors (Lipinski definition) is 7. The summed E-state index contributed by atoms with van der Waals surface area (Å²) < 4.78 is 18.7. The number of halogens is 1. The van der Waals surface area contributed by atoms with Crippen molar-refractivity contribution in [3.63, 3.8) is 0 Å². The van der Waals surface area contributed by atoms with Crippen molar-refractivity contribution < 1.29 is 38.5 Å². The molecule has 222 valence electrons. The number of likely N-dealkylation sites (tertiary alicyclic amines) is 1. The summed E-state index contributed by atoms with van der Waals surface area (Å²) in [7, 11) is 0. The van der Waals surface area contributed by atoms with Crippen LogP contribution >= 0.6 is 11.8 Å². The first-order chi connectivity index (χ1) is 20.2. The van der Waals surface area contributed by atoms with Gasteiger partial charge in [-0.2, -0.15) is 0 Å². The van der Waals surface area contributed by atoms with Gasteiger partial charge in [-0.15, -0.1) is 0 Å². The Labute approximate surface area is 248 Å². The third kappa shape index (κ3) is 8.99. The molecule has 0 aromatic heterocycles. The van der Waals surface area contributed by atoms with E-state index in [1.165, 1.54) is 24.3 Å². The highest BCUT2D eigenvalue weighted by molar-refractivity contribution is 7.99. The van der Waals surface area contributed by atoms with Crippen molar-refractivity contribution in [3.8, 4) is 0 Å². The molecule has 3 aromatic carbocycles. The maximum atomic E-state index is 13.4. The van der Waals surface area contributed by atoms with Gasteiger partial charge in [-0.05, 0) is 93.8 Å². The fraction of sp³-hybridized carbons (Fsp3) is 0.312. The van der Waals surface area contributed by atoms with Crippen molar-refractivity contribution in [2.24, 2.45) is 0 Å². The quantitative estimate of drug-likeness (QED) is 0.173. The van der Waals surface area contributed by atoms with E-state index in [-0.39, 0.29) is 17.6 Å². The summed E-state index contributed by atoms with van der Waals surface area (Å²) in [5.74, 6) is -4.12. The molecule has 0 aliphatic carbocycles. The lowest BCUT2D eigenvalue weighted by molar-refractivity contribution is -0.159. The third-order valence-corrected chi connectivity index (χ3v) is 8.06. The van der Waals surface area contributed by atoms with Crippen LogP contribution in [0.2, 0.25) is 0 Å². The number of benzene rings is 3. The van der Waals surface area contributed by atoms with Crippen molar-refractivity contribution in [2.45, 2.75) is 47.8 Å². The zero-order chi connectivity index (χ0) is 30.5. The summed E-state index contributed by atoms with van der Waals surface area (Å²) in [6, 6.07) is 24.1. The van der Waals surface area contributed by atoms with Gasteiger partial charge in [0.05, 0.1) is 12.0 Å². The van der Waals surface area contributed by atoms with Crippen LogP contribution < -0.4 is 0 Å². The number of ketones is 1. The molecular formula is C32H34FNO7S. The molecule has 1 aliphatic heterocycles. The Morgan fingerprint density at radius 2 is 1.48 bits per heavy atom. The summed E-state index contributed by atoms with van der Waals surface area (Å²) >= 11 is 1.68. The van der Waals surface area contributed by atoms with Crippen LogP contribution in [-0.4, -0.2) is 65.0 Å². The molecule has 0 saturated carbocycles. The fourth-order valence-electron chi connectivity index (χ4n) is 4.82. The number of rotatable bonds is 10. The van der Waals surface area contributed by atoms with Crippen molar-refractivity contribution in [2.75, 3.05) is 26.2 Å². The summed E-state index contributed by atoms with van der Waals surface area (Å²) in [6.45, 7) is 4.50. The number of nitrogens with zero attached hydrogens (tertiary/aromatic N) is 1. The first kappa shape index (κ1) is 32.5. The second-order valence-electron chi connectivity index (χ2n) is 9.70. The highest BCUT2D eigenvalue weighted by Crippen LogP contribution is 2.43. The van der Waals surface area contributed by atoms with Gasteiger partial charge in [0.25, 0.3) is 0 Å². The van der Waals surface area contributed by atoms with E-state index < -0.39 is 17.4 Å². The molecule has 8 nitrogen and oxygen atoms in total. The smallest absolute Gasteiger partial charge is 0.414 e. The first-order valence-electron chi connectivity index (χ1n) is 13.6. The van der Waals surface area contributed by atoms with E-state index >= 15 is 0 Å². The monoisotopic (exact) mass is 595 g/mol.